The summed E-state index contributed by atoms with van der Waals surface area (Å²) in [5.41, 5.74) is 2.99. The third kappa shape index (κ3) is 5.81. The molecule has 0 radical (unpaired) electrons. The number of nitrogens with one attached hydrogen (secondary N) is 1. The number of benzene rings is 1. The molecule has 0 saturated heterocycles. The maximum absolute atomic E-state index is 14.0. The molecular weight excluding hydrogens is 351 g/mol. The van der Waals surface area contributed by atoms with Gasteiger partial charge in [0.15, 0.2) is 0 Å². The van der Waals surface area contributed by atoms with Crippen LogP contribution in [0.2, 0.25) is 0 Å². The van der Waals surface area contributed by atoms with Crippen molar-refractivity contribution in [1.82, 2.24) is 0 Å². The fraction of sp³-hybridized carbons (Fsp3) is 0.238. The summed E-state index contributed by atoms with van der Waals surface area (Å²) in [5, 5.41) is 2.73. The molecule has 3 nitrogen and oxygen atoms in total. The first-order valence-corrected chi connectivity index (χ1v) is 8.67. The largest absolute Gasteiger partial charge is 0.322 e. The van der Waals surface area contributed by atoms with Crippen LogP contribution in [0, 0.1) is 6.92 Å². The van der Waals surface area contributed by atoms with Crippen molar-refractivity contribution in [3.63, 3.8) is 0 Å². The molecule has 1 N–H and O–H groups in total. The Kier molecular flexibility index (Phi) is 8.73. The number of nitrogens with zero attached hydrogens (tertiary/aromatic N) is 1. The Morgan fingerprint density at radius 3 is 2.58 bits per heavy atom. The van der Waals surface area contributed by atoms with Crippen molar-refractivity contribution in [2.45, 2.75) is 27.2 Å². The van der Waals surface area contributed by atoms with Gasteiger partial charge in [-0.15, -0.1) is 0 Å². The van der Waals surface area contributed by atoms with E-state index < -0.39 is 11.7 Å². The van der Waals surface area contributed by atoms with E-state index in [1.54, 1.807) is 18.2 Å². The molecule has 0 aliphatic carbocycles. The van der Waals surface area contributed by atoms with Crippen molar-refractivity contribution in [3.05, 3.63) is 77.1 Å². The average Bonchev–Trinajstić information content (AvgIpc) is 2.57. The average molecular weight is 375 g/mol. The Bertz CT molecular complexity index is 787. The predicted octanol–water partition coefficient (Wildman–Crippen LogP) is 5.87. The van der Waals surface area contributed by atoms with E-state index in [0.29, 0.717) is 5.69 Å². The minimum absolute atomic E-state index is 0.0621. The van der Waals surface area contributed by atoms with Crippen molar-refractivity contribution in [3.8, 4) is 0 Å². The van der Waals surface area contributed by atoms with Gasteiger partial charge in [-0.1, -0.05) is 43.8 Å². The van der Waals surface area contributed by atoms with Gasteiger partial charge in [0.25, 0.3) is 5.91 Å². The molecule has 0 aromatic heterocycles. The first kappa shape index (κ1) is 21.6. The topological polar surface area (TPSA) is 41.5 Å². The van der Waals surface area contributed by atoms with Crippen LogP contribution in [0.3, 0.4) is 0 Å². The number of allylic oxidation sites excluding steroid dienone is 4. The number of aliphatic imine (C=N–C) groups is 1. The highest BCUT2D eigenvalue weighted by atomic mass is 35.5. The Morgan fingerprint density at radius 1 is 1.38 bits per heavy atom. The summed E-state index contributed by atoms with van der Waals surface area (Å²) < 4.78 is 14.0. The maximum Gasteiger partial charge on any atom is 0.259 e. The lowest BCUT2D eigenvalue weighted by molar-refractivity contribution is -0.112. The second kappa shape index (κ2) is 10.5. The molecule has 0 aliphatic rings. The number of anilines is 1. The molecule has 0 bridgehead atoms. The Hall–Kier alpha value is -2.46. The number of halogens is 2. The van der Waals surface area contributed by atoms with Gasteiger partial charge in [0.05, 0.1) is 11.3 Å². The van der Waals surface area contributed by atoms with E-state index in [0.717, 1.165) is 35.9 Å². The SMILES string of the molecule is C=CC=C(F)C(C(=O)Nc1ccc(C(C=C)=NCCC)c(C)c1)=C(C)Cl. The predicted molar refractivity (Wildman–Crippen MR) is 110 cm³/mol. The number of rotatable bonds is 8. The summed E-state index contributed by atoms with van der Waals surface area (Å²) in [7, 11) is 0. The van der Waals surface area contributed by atoms with Crippen LogP contribution in [-0.2, 0) is 4.79 Å². The quantitative estimate of drug-likeness (QED) is 0.345. The molecule has 0 spiro atoms. The van der Waals surface area contributed by atoms with Crippen LogP contribution >= 0.6 is 11.6 Å². The normalized spacial score (nSPS) is 13.1. The van der Waals surface area contributed by atoms with E-state index in [1.807, 2.05) is 13.0 Å². The van der Waals surface area contributed by atoms with Crippen molar-refractivity contribution in [2.24, 2.45) is 4.99 Å². The van der Waals surface area contributed by atoms with E-state index in [2.05, 4.69) is 30.4 Å². The lowest BCUT2D eigenvalue weighted by Crippen LogP contribution is -2.16. The van der Waals surface area contributed by atoms with Crippen molar-refractivity contribution in [1.29, 1.82) is 0 Å². The number of carbonyl (C=O) groups excluding carboxylic acids is 1. The van der Waals surface area contributed by atoms with Gasteiger partial charge in [-0.3, -0.25) is 9.79 Å². The van der Waals surface area contributed by atoms with Crippen molar-refractivity contribution in [2.75, 3.05) is 11.9 Å². The molecule has 0 heterocycles. The summed E-state index contributed by atoms with van der Waals surface area (Å²) in [6.45, 7) is 13.4. The molecule has 1 rings (SSSR count). The zero-order valence-corrected chi connectivity index (χ0v) is 16.2. The van der Waals surface area contributed by atoms with Crippen LogP contribution < -0.4 is 5.32 Å². The van der Waals surface area contributed by atoms with Gasteiger partial charge in [-0.25, -0.2) is 4.39 Å². The van der Waals surface area contributed by atoms with E-state index >= 15 is 0 Å². The molecule has 0 unspecified atom stereocenters. The van der Waals surface area contributed by atoms with Crippen LogP contribution in [0.4, 0.5) is 10.1 Å². The summed E-state index contributed by atoms with van der Waals surface area (Å²) in [6, 6.07) is 5.39. The molecular formula is C21H24ClFN2O. The highest BCUT2D eigenvalue weighted by molar-refractivity contribution is 6.32. The zero-order chi connectivity index (χ0) is 19.7. The standard InChI is InChI=1S/C21H24ClFN2O/c1-6-9-18(23)20(15(5)22)21(26)25-16-10-11-17(14(4)13-16)19(8-3)24-12-7-2/h6,8-11,13H,1,3,7,12H2,2,4-5H3,(H,25,26). The Morgan fingerprint density at radius 2 is 2.08 bits per heavy atom. The summed E-state index contributed by atoms with van der Waals surface area (Å²) in [5.74, 6) is -1.36. The van der Waals surface area contributed by atoms with Crippen molar-refractivity contribution < 1.29 is 9.18 Å². The zero-order valence-electron chi connectivity index (χ0n) is 15.4. The monoisotopic (exact) mass is 374 g/mol. The summed E-state index contributed by atoms with van der Waals surface area (Å²) in [4.78, 5) is 16.9. The first-order valence-electron chi connectivity index (χ1n) is 8.29. The summed E-state index contributed by atoms with van der Waals surface area (Å²) >= 11 is 5.88. The fourth-order valence-electron chi connectivity index (χ4n) is 2.33. The second-order valence-electron chi connectivity index (χ2n) is 5.61. The van der Waals surface area contributed by atoms with Crippen LogP contribution in [0.5, 0.6) is 0 Å². The number of aryl methyl sites for hydroxylation is 1. The number of hydrogen-bond acceptors (Lipinski definition) is 2. The number of hydrogen-bond donors (Lipinski definition) is 1. The Balaban J connectivity index is 3.12. The van der Waals surface area contributed by atoms with Gasteiger partial charge in [-0.05, 0) is 50.1 Å². The molecule has 1 amide bonds. The van der Waals surface area contributed by atoms with Crippen LogP contribution in [-0.4, -0.2) is 18.2 Å². The van der Waals surface area contributed by atoms with Gasteiger partial charge in [0.2, 0.25) is 0 Å². The number of carbonyl (C=O) groups is 1. The van der Waals surface area contributed by atoms with E-state index in [-0.39, 0.29) is 10.6 Å². The molecule has 1 aromatic carbocycles. The minimum Gasteiger partial charge on any atom is -0.322 e. The van der Waals surface area contributed by atoms with Gasteiger partial charge >= 0.3 is 0 Å². The van der Waals surface area contributed by atoms with E-state index in [1.165, 1.54) is 13.0 Å². The lowest BCUT2D eigenvalue weighted by atomic mass is 10.0. The van der Waals surface area contributed by atoms with Crippen molar-refractivity contribution >= 4 is 28.9 Å². The number of amides is 1. The molecule has 1 aromatic rings. The highest BCUT2D eigenvalue weighted by Crippen LogP contribution is 2.23. The summed E-state index contributed by atoms with van der Waals surface area (Å²) in [6.07, 6.45) is 5.01. The van der Waals surface area contributed by atoms with E-state index in [4.69, 9.17) is 11.6 Å². The second-order valence-corrected chi connectivity index (χ2v) is 6.18. The molecule has 0 fully saturated rings. The lowest BCUT2D eigenvalue weighted by Gasteiger charge is -2.12. The molecule has 26 heavy (non-hydrogen) atoms. The molecule has 0 aliphatic heterocycles. The molecule has 5 heteroatoms. The van der Waals surface area contributed by atoms with Gasteiger partial charge in [0, 0.05) is 22.8 Å². The minimum atomic E-state index is -0.737. The fourth-order valence-corrected chi connectivity index (χ4v) is 2.51. The van der Waals surface area contributed by atoms with Gasteiger partial charge in [-0.2, -0.15) is 0 Å². The van der Waals surface area contributed by atoms with Crippen LogP contribution in [0.25, 0.3) is 0 Å². The molecule has 0 saturated carbocycles. The third-order valence-electron chi connectivity index (χ3n) is 3.53. The first-order chi connectivity index (χ1) is 12.3. The van der Waals surface area contributed by atoms with E-state index in [9.17, 15) is 9.18 Å². The molecule has 0 atom stereocenters. The van der Waals surface area contributed by atoms with Gasteiger partial charge < -0.3 is 5.32 Å². The third-order valence-corrected chi connectivity index (χ3v) is 3.72. The highest BCUT2D eigenvalue weighted by Gasteiger charge is 2.17. The molecule has 138 valence electrons. The van der Waals surface area contributed by atoms with Gasteiger partial charge in [0.1, 0.15) is 5.83 Å². The van der Waals surface area contributed by atoms with Crippen LogP contribution in [0.15, 0.2) is 71.0 Å². The Labute approximate surface area is 159 Å². The smallest absolute Gasteiger partial charge is 0.259 e. The van der Waals surface area contributed by atoms with Crippen LogP contribution in [0.1, 0.15) is 31.4 Å². The maximum atomic E-state index is 14.0.